The lowest BCUT2D eigenvalue weighted by Crippen LogP contribution is -2.13. The molecule has 2 aromatic carbocycles. The predicted octanol–water partition coefficient (Wildman–Crippen LogP) is 4.89. The van der Waals surface area contributed by atoms with Crippen LogP contribution in [0.4, 0.5) is 5.69 Å². The maximum atomic E-state index is 12.6. The monoisotopic (exact) mass is 355 g/mol. The van der Waals surface area contributed by atoms with Crippen molar-refractivity contribution in [3.05, 3.63) is 70.0 Å². The largest absolute Gasteiger partial charge is 0.493 e. The zero-order chi connectivity index (χ0) is 18.0. The Morgan fingerprint density at radius 2 is 1.84 bits per heavy atom. The number of carbonyl (C=O) groups is 1. The summed E-state index contributed by atoms with van der Waals surface area (Å²) in [6.45, 7) is 3.98. The van der Waals surface area contributed by atoms with Gasteiger partial charge in [-0.3, -0.25) is 4.79 Å². The molecule has 0 radical (unpaired) electrons. The van der Waals surface area contributed by atoms with Crippen LogP contribution in [-0.2, 0) is 4.79 Å². The molecule has 1 heterocycles. The van der Waals surface area contributed by atoms with Crippen molar-refractivity contribution in [1.82, 2.24) is 0 Å². The first-order chi connectivity index (χ1) is 12.0. The van der Waals surface area contributed by atoms with Gasteiger partial charge in [-0.25, -0.2) is 0 Å². The van der Waals surface area contributed by atoms with Crippen LogP contribution in [0.3, 0.4) is 0 Å². The van der Waals surface area contributed by atoms with Crippen molar-refractivity contribution in [1.29, 1.82) is 0 Å². The molecule has 0 saturated heterocycles. The number of halogens is 1. The lowest BCUT2D eigenvalue weighted by molar-refractivity contribution is -0.112. The molecule has 0 unspecified atom stereocenters. The van der Waals surface area contributed by atoms with Crippen LogP contribution in [0.15, 0.2) is 48.2 Å². The molecule has 0 saturated carbocycles. The summed E-state index contributed by atoms with van der Waals surface area (Å²) in [5.41, 5.74) is 4.07. The number of hydrogen-bond acceptors (Lipinski definition) is 3. The van der Waals surface area contributed by atoms with Crippen LogP contribution in [0.2, 0.25) is 5.02 Å². The fraction of sp³-hybridized carbons (Fsp3) is 0.150. The molecular weight excluding hydrogens is 338 g/mol. The Kier molecular flexibility index (Phi) is 4.81. The first-order valence-electron chi connectivity index (χ1n) is 7.78. The van der Waals surface area contributed by atoms with E-state index >= 15 is 0 Å². The van der Waals surface area contributed by atoms with E-state index in [2.05, 4.69) is 11.4 Å². The Morgan fingerprint density at radius 1 is 1.12 bits per heavy atom. The van der Waals surface area contributed by atoms with Crippen molar-refractivity contribution in [2.75, 3.05) is 12.4 Å². The second kappa shape index (κ2) is 7.03. The van der Waals surface area contributed by atoms with Gasteiger partial charge in [0.25, 0.3) is 5.91 Å². The van der Waals surface area contributed by atoms with Gasteiger partial charge < -0.3 is 14.8 Å². The predicted molar refractivity (Wildman–Crippen MR) is 100 cm³/mol. The van der Waals surface area contributed by atoms with Crippen LogP contribution >= 0.6 is 11.6 Å². The maximum absolute atomic E-state index is 12.6. The van der Waals surface area contributed by atoms with E-state index in [-0.39, 0.29) is 5.91 Å². The fourth-order valence-electron chi connectivity index (χ4n) is 2.76. The van der Waals surface area contributed by atoms with Crippen LogP contribution in [0.1, 0.15) is 16.7 Å². The number of benzene rings is 2. The van der Waals surface area contributed by atoms with Gasteiger partial charge in [-0.2, -0.15) is 0 Å². The number of aryl methyl sites for hydroxylation is 2. The Hall–Kier alpha value is -2.72. The van der Waals surface area contributed by atoms with E-state index in [1.165, 1.54) is 6.26 Å². The van der Waals surface area contributed by atoms with E-state index in [0.717, 1.165) is 16.8 Å². The normalized spacial score (nSPS) is 12.6. The molecule has 0 aliphatic carbocycles. The van der Waals surface area contributed by atoms with Crippen molar-refractivity contribution in [3.63, 3.8) is 0 Å². The van der Waals surface area contributed by atoms with Crippen LogP contribution < -0.4 is 14.8 Å². The third-order valence-corrected chi connectivity index (χ3v) is 3.97. The molecule has 2 aromatic rings. The first-order valence-corrected chi connectivity index (χ1v) is 8.16. The first kappa shape index (κ1) is 17.1. The maximum Gasteiger partial charge on any atom is 0.255 e. The zero-order valence-electron chi connectivity index (χ0n) is 14.2. The Bertz CT molecular complexity index is 880. The number of hydrogen-bond donors (Lipinski definition) is 1. The van der Waals surface area contributed by atoms with Crippen molar-refractivity contribution in [3.8, 4) is 11.5 Å². The number of nitrogens with one attached hydrogen (secondary N) is 1. The molecular formula is C20H18ClNO3. The minimum absolute atomic E-state index is 0.225. The lowest BCUT2D eigenvalue weighted by atomic mass is 10.1. The third-order valence-electron chi connectivity index (χ3n) is 3.75. The quantitative estimate of drug-likeness (QED) is 0.852. The standard InChI is InChI=1S/C20H18ClNO3/c1-12-6-13(2)8-17(7-12)22-20(23)14-4-5-25-19-15(9-14)10-16(21)11-18(19)24-3/h4-11H,1-3H3,(H,22,23). The summed E-state index contributed by atoms with van der Waals surface area (Å²) in [4.78, 5) is 12.6. The number of anilines is 1. The van der Waals surface area contributed by atoms with Gasteiger partial charge in [-0.15, -0.1) is 0 Å². The van der Waals surface area contributed by atoms with E-state index in [1.807, 2.05) is 26.0 Å². The smallest absolute Gasteiger partial charge is 0.255 e. The van der Waals surface area contributed by atoms with Crippen molar-refractivity contribution >= 4 is 29.3 Å². The number of carbonyl (C=O) groups excluding carboxylic acids is 1. The second-order valence-electron chi connectivity index (χ2n) is 5.88. The number of rotatable bonds is 3. The van der Waals surface area contributed by atoms with E-state index < -0.39 is 0 Å². The van der Waals surface area contributed by atoms with Gasteiger partial charge in [0.15, 0.2) is 11.5 Å². The molecule has 1 N–H and O–H groups in total. The molecule has 0 bridgehead atoms. The molecule has 0 aromatic heterocycles. The number of fused-ring (bicyclic) bond motifs is 1. The van der Waals surface area contributed by atoms with Crippen LogP contribution in [-0.4, -0.2) is 13.0 Å². The Morgan fingerprint density at radius 3 is 2.52 bits per heavy atom. The van der Waals surface area contributed by atoms with Crippen molar-refractivity contribution in [2.45, 2.75) is 13.8 Å². The molecule has 1 aliphatic heterocycles. The van der Waals surface area contributed by atoms with Crippen LogP contribution in [0, 0.1) is 13.8 Å². The van der Waals surface area contributed by atoms with Crippen molar-refractivity contribution in [2.24, 2.45) is 0 Å². The van der Waals surface area contributed by atoms with Gasteiger partial charge in [0, 0.05) is 27.9 Å². The highest BCUT2D eigenvalue weighted by atomic mass is 35.5. The Balaban J connectivity index is 1.94. The molecule has 128 valence electrons. The van der Waals surface area contributed by atoms with Crippen LogP contribution in [0.5, 0.6) is 11.5 Å². The van der Waals surface area contributed by atoms with Gasteiger partial charge >= 0.3 is 0 Å². The van der Waals surface area contributed by atoms with Crippen molar-refractivity contribution < 1.29 is 14.3 Å². The summed E-state index contributed by atoms with van der Waals surface area (Å²) in [6.07, 6.45) is 4.81. The van der Waals surface area contributed by atoms with Gasteiger partial charge in [0.2, 0.25) is 0 Å². The minimum atomic E-state index is -0.225. The minimum Gasteiger partial charge on any atom is -0.493 e. The zero-order valence-corrected chi connectivity index (χ0v) is 15.0. The highest BCUT2D eigenvalue weighted by Crippen LogP contribution is 2.37. The number of methoxy groups -OCH3 is 1. The molecule has 1 aliphatic rings. The van der Waals surface area contributed by atoms with Crippen LogP contribution in [0.25, 0.3) is 6.08 Å². The molecule has 25 heavy (non-hydrogen) atoms. The molecule has 1 amide bonds. The molecule has 0 spiro atoms. The summed E-state index contributed by atoms with van der Waals surface area (Å²) < 4.78 is 10.9. The topological polar surface area (TPSA) is 47.6 Å². The third kappa shape index (κ3) is 3.86. The average molecular weight is 356 g/mol. The number of amides is 1. The highest BCUT2D eigenvalue weighted by molar-refractivity contribution is 6.31. The van der Waals surface area contributed by atoms with Gasteiger partial charge in [0.05, 0.1) is 13.4 Å². The van der Waals surface area contributed by atoms with E-state index in [0.29, 0.717) is 27.7 Å². The molecule has 4 nitrogen and oxygen atoms in total. The highest BCUT2D eigenvalue weighted by Gasteiger charge is 2.16. The van der Waals surface area contributed by atoms with E-state index in [4.69, 9.17) is 21.1 Å². The summed E-state index contributed by atoms with van der Waals surface area (Å²) in [5, 5.41) is 3.42. The fourth-order valence-corrected chi connectivity index (χ4v) is 2.97. The summed E-state index contributed by atoms with van der Waals surface area (Å²) >= 11 is 6.12. The van der Waals surface area contributed by atoms with E-state index in [9.17, 15) is 4.79 Å². The SMILES string of the molecule is COc1cc(Cl)cc2c1OC=CC(C(=O)Nc1cc(C)cc(C)c1)=C2. The molecule has 0 atom stereocenters. The lowest BCUT2D eigenvalue weighted by Gasteiger charge is -2.10. The molecule has 3 rings (SSSR count). The van der Waals surface area contributed by atoms with Gasteiger partial charge in [0.1, 0.15) is 0 Å². The Labute approximate surface area is 151 Å². The molecule has 5 heteroatoms. The average Bonchev–Trinajstić information content (AvgIpc) is 2.75. The van der Waals surface area contributed by atoms with Gasteiger partial charge in [-0.1, -0.05) is 17.7 Å². The summed E-state index contributed by atoms with van der Waals surface area (Å²) in [5.74, 6) is 0.813. The summed E-state index contributed by atoms with van der Waals surface area (Å²) in [6, 6.07) is 9.31. The molecule has 0 fully saturated rings. The number of ether oxygens (including phenoxy) is 2. The van der Waals surface area contributed by atoms with Gasteiger partial charge in [-0.05, 0) is 55.3 Å². The summed E-state index contributed by atoms with van der Waals surface area (Å²) in [7, 11) is 1.54. The van der Waals surface area contributed by atoms with E-state index in [1.54, 1.807) is 31.4 Å². The second-order valence-corrected chi connectivity index (χ2v) is 6.31.